The van der Waals surface area contributed by atoms with Gasteiger partial charge < -0.3 is 9.47 Å². The normalized spacial score (nSPS) is 11.4. The summed E-state index contributed by atoms with van der Waals surface area (Å²) in [6.45, 7) is 4.31. The van der Waals surface area contributed by atoms with Crippen molar-refractivity contribution in [1.82, 2.24) is 0 Å². The highest BCUT2D eigenvalue weighted by molar-refractivity contribution is 5.68. The summed E-state index contributed by atoms with van der Waals surface area (Å²) in [6.07, 6.45) is 4.31. The monoisotopic (exact) mass is 220 g/mol. The molecule has 0 saturated heterocycles. The molecule has 16 heavy (non-hydrogen) atoms. The van der Waals surface area contributed by atoms with E-state index in [1.807, 2.05) is 18.2 Å². The topological polar surface area (TPSA) is 18.5 Å². The summed E-state index contributed by atoms with van der Waals surface area (Å²) in [5.74, 6) is 1.68. The van der Waals surface area contributed by atoms with Gasteiger partial charge in [0.2, 0.25) is 0 Å². The van der Waals surface area contributed by atoms with Crippen LogP contribution in [-0.2, 0) is 0 Å². The van der Waals surface area contributed by atoms with Gasteiger partial charge in [-0.05, 0) is 36.1 Å². The van der Waals surface area contributed by atoms with Crippen molar-refractivity contribution in [3.63, 3.8) is 0 Å². The number of benzene rings is 1. The molecule has 1 rings (SSSR count). The third kappa shape index (κ3) is 3.02. The molecule has 0 bridgehead atoms. The third-order valence-electron chi connectivity index (χ3n) is 2.55. The lowest BCUT2D eigenvalue weighted by atomic mass is 10.0. The van der Waals surface area contributed by atoms with Crippen molar-refractivity contribution < 1.29 is 9.47 Å². The second kappa shape index (κ2) is 6.21. The van der Waals surface area contributed by atoms with Crippen LogP contribution in [0.4, 0.5) is 0 Å². The summed E-state index contributed by atoms with van der Waals surface area (Å²) in [7, 11) is 3.35. The lowest BCUT2D eigenvalue weighted by Crippen LogP contribution is -1.91. The van der Waals surface area contributed by atoms with Crippen molar-refractivity contribution in [3.8, 4) is 11.5 Å². The number of ether oxygens (including phenoxy) is 2. The van der Waals surface area contributed by atoms with Crippen molar-refractivity contribution >= 4 is 5.57 Å². The van der Waals surface area contributed by atoms with E-state index in [1.165, 1.54) is 11.1 Å². The maximum absolute atomic E-state index is 5.26. The molecule has 0 unspecified atom stereocenters. The quantitative estimate of drug-likeness (QED) is 0.749. The van der Waals surface area contributed by atoms with Crippen molar-refractivity contribution in [3.05, 3.63) is 29.8 Å². The molecule has 0 aliphatic heterocycles. The van der Waals surface area contributed by atoms with Crippen molar-refractivity contribution in [2.45, 2.75) is 26.7 Å². The van der Waals surface area contributed by atoms with Crippen LogP contribution >= 0.6 is 0 Å². The van der Waals surface area contributed by atoms with Gasteiger partial charge in [-0.25, -0.2) is 0 Å². The molecule has 1 aromatic carbocycles. The van der Waals surface area contributed by atoms with Gasteiger partial charge in [-0.1, -0.05) is 19.9 Å². The van der Waals surface area contributed by atoms with Crippen LogP contribution in [0.5, 0.6) is 11.5 Å². The van der Waals surface area contributed by atoms with Gasteiger partial charge in [-0.2, -0.15) is 0 Å². The Morgan fingerprint density at radius 1 is 1.06 bits per heavy atom. The summed E-state index contributed by atoms with van der Waals surface area (Å²) in [4.78, 5) is 0. The lowest BCUT2D eigenvalue weighted by molar-refractivity contribution is 0.394. The average molecular weight is 220 g/mol. The number of hydrogen-bond acceptors (Lipinski definition) is 2. The van der Waals surface area contributed by atoms with Crippen molar-refractivity contribution in [2.24, 2.45) is 0 Å². The first-order chi connectivity index (χ1) is 7.74. The molecule has 0 radical (unpaired) electrons. The molecule has 0 aliphatic rings. The van der Waals surface area contributed by atoms with Gasteiger partial charge in [0.15, 0.2) is 0 Å². The summed E-state index contributed by atoms with van der Waals surface area (Å²) in [5, 5.41) is 0. The zero-order chi connectivity index (χ0) is 12.0. The maximum Gasteiger partial charge on any atom is 0.123 e. The molecule has 1 aromatic rings. The van der Waals surface area contributed by atoms with E-state index in [9.17, 15) is 0 Å². The minimum atomic E-state index is 0.838. The predicted molar refractivity (Wildman–Crippen MR) is 68.1 cm³/mol. The SMILES string of the molecule is CCC=C(CC)c1cc(OC)cc(OC)c1. The summed E-state index contributed by atoms with van der Waals surface area (Å²) in [5.41, 5.74) is 2.51. The first-order valence-corrected chi connectivity index (χ1v) is 5.67. The molecule has 0 fully saturated rings. The first-order valence-electron chi connectivity index (χ1n) is 5.67. The minimum absolute atomic E-state index is 0.838. The second-order valence-electron chi connectivity index (χ2n) is 3.59. The Morgan fingerprint density at radius 3 is 2.00 bits per heavy atom. The maximum atomic E-state index is 5.26. The molecule has 0 atom stereocenters. The van der Waals surface area contributed by atoms with Gasteiger partial charge in [0, 0.05) is 6.07 Å². The van der Waals surface area contributed by atoms with E-state index in [0.717, 1.165) is 24.3 Å². The van der Waals surface area contributed by atoms with E-state index < -0.39 is 0 Å². The molecule has 0 heterocycles. The molecule has 0 N–H and O–H groups in total. The number of hydrogen-bond donors (Lipinski definition) is 0. The fourth-order valence-corrected chi connectivity index (χ4v) is 1.71. The fourth-order valence-electron chi connectivity index (χ4n) is 1.71. The zero-order valence-corrected chi connectivity index (χ0v) is 10.5. The van der Waals surface area contributed by atoms with Gasteiger partial charge >= 0.3 is 0 Å². The summed E-state index contributed by atoms with van der Waals surface area (Å²) < 4.78 is 10.5. The number of allylic oxidation sites excluding steroid dienone is 2. The van der Waals surface area contributed by atoms with E-state index in [0.29, 0.717) is 0 Å². The van der Waals surface area contributed by atoms with Crippen LogP contribution in [0, 0.1) is 0 Å². The lowest BCUT2D eigenvalue weighted by Gasteiger charge is -2.10. The van der Waals surface area contributed by atoms with E-state index in [1.54, 1.807) is 14.2 Å². The smallest absolute Gasteiger partial charge is 0.123 e. The van der Waals surface area contributed by atoms with Crippen LogP contribution in [0.2, 0.25) is 0 Å². The summed E-state index contributed by atoms with van der Waals surface area (Å²) in [6, 6.07) is 5.99. The predicted octanol–water partition coefficient (Wildman–Crippen LogP) is 3.91. The van der Waals surface area contributed by atoms with Gasteiger partial charge in [-0.15, -0.1) is 0 Å². The van der Waals surface area contributed by atoms with Crippen LogP contribution in [0.1, 0.15) is 32.3 Å². The number of rotatable bonds is 5. The van der Waals surface area contributed by atoms with Crippen LogP contribution in [0.15, 0.2) is 24.3 Å². The van der Waals surface area contributed by atoms with Gasteiger partial charge in [-0.3, -0.25) is 0 Å². The van der Waals surface area contributed by atoms with Crippen LogP contribution in [-0.4, -0.2) is 14.2 Å². The number of methoxy groups -OCH3 is 2. The Kier molecular flexibility index (Phi) is 4.90. The standard InChI is InChI=1S/C14H20O2/c1-5-7-11(6-2)12-8-13(15-3)10-14(9-12)16-4/h7-10H,5-6H2,1-4H3. The molecular weight excluding hydrogens is 200 g/mol. The Balaban J connectivity index is 3.15. The Bertz CT molecular complexity index is 345. The minimum Gasteiger partial charge on any atom is -0.497 e. The summed E-state index contributed by atoms with van der Waals surface area (Å²) >= 11 is 0. The van der Waals surface area contributed by atoms with E-state index >= 15 is 0 Å². The molecule has 2 nitrogen and oxygen atoms in total. The molecule has 88 valence electrons. The average Bonchev–Trinajstić information content (AvgIpc) is 2.35. The largest absolute Gasteiger partial charge is 0.497 e. The molecule has 0 aliphatic carbocycles. The van der Waals surface area contributed by atoms with E-state index in [4.69, 9.17) is 9.47 Å². The van der Waals surface area contributed by atoms with Gasteiger partial charge in [0.25, 0.3) is 0 Å². The first kappa shape index (κ1) is 12.6. The van der Waals surface area contributed by atoms with E-state index in [2.05, 4.69) is 19.9 Å². The highest BCUT2D eigenvalue weighted by atomic mass is 16.5. The highest BCUT2D eigenvalue weighted by Gasteiger charge is 2.04. The van der Waals surface area contributed by atoms with Crippen molar-refractivity contribution in [1.29, 1.82) is 0 Å². The highest BCUT2D eigenvalue weighted by Crippen LogP contribution is 2.28. The molecule has 0 saturated carbocycles. The van der Waals surface area contributed by atoms with Gasteiger partial charge in [0.1, 0.15) is 11.5 Å². The molecule has 0 amide bonds. The second-order valence-corrected chi connectivity index (χ2v) is 3.59. The molecule has 0 aromatic heterocycles. The Labute approximate surface area is 97.9 Å². The molecule has 0 spiro atoms. The van der Waals surface area contributed by atoms with Gasteiger partial charge in [0.05, 0.1) is 14.2 Å². The fraction of sp³-hybridized carbons (Fsp3) is 0.429. The van der Waals surface area contributed by atoms with Crippen LogP contribution in [0.3, 0.4) is 0 Å². The molecular formula is C14H20O2. The van der Waals surface area contributed by atoms with E-state index in [-0.39, 0.29) is 0 Å². The Morgan fingerprint density at radius 2 is 1.62 bits per heavy atom. The van der Waals surface area contributed by atoms with Crippen molar-refractivity contribution in [2.75, 3.05) is 14.2 Å². The molecule has 2 heteroatoms. The zero-order valence-electron chi connectivity index (χ0n) is 10.5. The Hall–Kier alpha value is -1.44. The third-order valence-corrected chi connectivity index (χ3v) is 2.55. The van der Waals surface area contributed by atoms with Crippen LogP contribution in [0.25, 0.3) is 5.57 Å². The van der Waals surface area contributed by atoms with Crippen LogP contribution < -0.4 is 9.47 Å².